The van der Waals surface area contributed by atoms with Crippen LogP contribution in [0, 0.1) is 23.7 Å². The van der Waals surface area contributed by atoms with Crippen molar-refractivity contribution >= 4 is 8.07 Å². The minimum Gasteiger partial charge on any atom is -0.0900 e. The lowest BCUT2D eigenvalue weighted by atomic mass is 9.67. The van der Waals surface area contributed by atoms with Gasteiger partial charge in [-0.2, -0.15) is 0 Å². The van der Waals surface area contributed by atoms with E-state index in [9.17, 15) is 0 Å². The molecule has 0 heterocycles. The number of azide groups is 1. The third-order valence-electron chi connectivity index (χ3n) is 4.96. The molecule has 1 fully saturated rings. The molecule has 0 aromatic rings. The molecule has 5 atom stereocenters. The van der Waals surface area contributed by atoms with Crippen LogP contribution in [0.25, 0.3) is 10.4 Å². The quantitative estimate of drug-likeness (QED) is 0.233. The molecule has 18 heavy (non-hydrogen) atoms. The van der Waals surface area contributed by atoms with Crippen molar-refractivity contribution in [3.63, 3.8) is 0 Å². The Morgan fingerprint density at radius 1 is 1.28 bits per heavy atom. The number of rotatable bonds is 2. The average Bonchev–Trinajstić information content (AvgIpc) is 2.70. The molecule has 3 rings (SSSR count). The highest BCUT2D eigenvalue weighted by molar-refractivity contribution is 6.83. The Hall–Kier alpha value is -0.993. The van der Waals surface area contributed by atoms with Crippen LogP contribution in [0.2, 0.25) is 19.6 Å². The summed E-state index contributed by atoms with van der Waals surface area (Å²) in [5.74, 6) is 2.65. The first kappa shape index (κ1) is 12.1. The molecule has 0 radical (unpaired) electrons. The Kier molecular flexibility index (Phi) is 2.68. The van der Waals surface area contributed by atoms with E-state index in [1.807, 2.05) is 0 Å². The molecule has 96 valence electrons. The number of allylic oxidation sites excluding steroid dienone is 3. The van der Waals surface area contributed by atoms with Gasteiger partial charge in [0.15, 0.2) is 0 Å². The Labute approximate surface area is 110 Å². The summed E-state index contributed by atoms with van der Waals surface area (Å²) in [6, 6.07) is 0.186. The third-order valence-corrected chi connectivity index (χ3v) is 7.23. The first-order valence-electron chi connectivity index (χ1n) is 6.95. The third kappa shape index (κ3) is 1.75. The van der Waals surface area contributed by atoms with Crippen molar-refractivity contribution in [2.45, 2.75) is 38.5 Å². The molecule has 0 aliphatic heterocycles. The van der Waals surface area contributed by atoms with Gasteiger partial charge < -0.3 is 0 Å². The van der Waals surface area contributed by atoms with Crippen molar-refractivity contribution in [1.82, 2.24) is 0 Å². The standard InChI is InChI=1S/C14H21N3Si/c1-18(2,3)14-7-9-4-5-10-6-11(9)12(14)8-13(10)16-17-15/h4-5,7,9-13H,6,8H2,1-3H3/t9-,10-,11+,12-,13-/m1/s1. The summed E-state index contributed by atoms with van der Waals surface area (Å²) in [5, 5.41) is 5.78. The Morgan fingerprint density at radius 3 is 2.72 bits per heavy atom. The molecule has 3 aliphatic carbocycles. The Bertz CT molecular complexity index is 468. The lowest BCUT2D eigenvalue weighted by Crippen LogP contribution is -2.39. The normalized spacial score (nSPS) is 41.3. The van der Waals surface area contributed by atoms with Gasteiger partial charge in [-0.15, -0.1) is 0 Å². The molecular formula is C14H21N3Si. The minimum atomic E-state index is -1.23. The van der Waals surface area contributed by atoms with E-state index in [-0.39, 0.29) is 6.04 Å². The summed E-state index contributed by atoms with van der Waals surface area (Å²) in [7, 11) is -1.23. The second-order valence-corrected chi connectivity index (χ2v) is 12.1. The molecule has 0 saturated heterocycles. The van der Waals surface area contributed by atoms with Crippen molar-refractivity contribution in [2.75, 3.05) is 0 Å². The van der Waals surface area contributed by atoms with Crippen LogP contribution in [0.15, 0.2) is 28.5 Å². The van der Waals surface area contributed by atoms with Crippen LogP contribution in [0.5, 0.6) is 0 Å². The van der Waals surface area contributed by atoms with Gasteiger partial charge in [-0.3, -0.25) is 0 Å². The lowest BCUT2D eigenvalue weighted by Gasteiger charge is -2.42. The molecule has 0 amide bonds. The van der Waals surface area contributed by atoms with E-state index < -0.39 is 8.07 Å². The maximum absolute atomic E-state index is 8.74. The molecule has 4 heteroatoms. The zero-order chi connectivity index (χ0) is 12.9. The summed E-state index contributed by atoms with van der Waals surface area (Å²) in [5.41, 5.74) is 8.74. The second kappa shape index (κ2) is 4.00. The van der Waals surface area contributed by atoms with Crippen LogP contribution < -0.4 is 0 Å². The van der Waals surface area contributed by atoms with Gasteiger partial charge in [0.1, 0.15) is 0 Å². The molecule has 1 saturated carbocycles. The smallest absolute Gasteiger partial charge is 0.0724 e. The van der Waals surface area contributed by atoms with Gasteiger partial charge in [0.05, 0.1) is 8.07 Å². The van der Waals surface area contributed by atoms with Crippen molar-refractivity contribution in [3.05, 3.63) is 33.9 Å². The Balaban J connectivity index is 1.98. The van der Waals surface area contributed by atoms with E-state index in [1.165, 1.54) is 6.42 Å². The van der Waals surface area contributed by atoms with E-state index in [0.29, 0.717) is 17.8 Å². The summed E-state index contributed by atoms with van der Waals surface area (Å²) < 4.78 is 0. The fourth-order valence-electron chi connectivity index (χ4n) is 4.16. The maximum Gasteiger partial charge on any atom is 0.0724 e. The average molecular weight is 259 g/mol. The van der Waals surface area contributed by atoms with Crippen LogP contribution in [-0.4, -0.2) is 14.1 Å². The predicted molar refractivity (Wildman–Crippen MR) is 76.7 cm³/mol. The number of fused-ring (bicyclic) bond motifs is 1. The van der Waals surface area contributed by atoms with E-state index in [1.54, 1.807) is 5.20 Å². The fraction of sp³-hybridized carbons (Fsp3) is 0.714. The van der Waals surface area contributed by atoms with Crippen molar-refractivity contribution in [1.29, 1.82) is 0 Å². The largest absolute Gasteiger partial charge is 0.0900 e. The molecule has 0 spiro atoms. The highest BCUT2D eigenvalue weighted by Crippen LogP contribution is 2.53. The molecular weight excluding hydrogens is 238 g/mol. The first-order valence-corrected chi connectivity index (χ1v) is 10.5. The van der Waals surface area contributed by atoms with Gasteiger partial charge in [0.25, 0.3) is 0 Å². The van der Waals surface area contributed by atoms with Crippen LogP contribution in [0.1, 0.15) is 12.8 Å². The van der Waals surface area contributed by atoms with Gasteiger partial charge in [0.2, 0.25) is 0 Å². The molecule has 0 unspecified atom stereocenters. The van der Waals surface area contributed by atoms with Gasteiger partial charge in [0, 0.05) is 11.0 Å². The molecule has 0 N–H and O–H groups in total. The van der Waals surface area contributed by atoms with E-state index in [4.69, 9.17) is 5.53 Å². The summed E-state index contributed by atoms with van der Waals surface area (Å²) in [4.78, 5) is 3.06. The minimum absolute atomic E-state index is 0.186. The summed E-state index contributed by atoms with van der Waals surface area (Å²) in [6.07, 6.45) is 9.53. The molecule has 0 aromatic heterocycles. The maximum atomic E-state index is 8.74. The van der Waals surface area contributed by atoms with E-state index >= 15 is 0 Å². The van der Waals surface area contributed by atoms with Gasteiger partial charge in [-0.1, -0.05) is 48.2 Å². The van der Waals surface area contributed by atoms with Crippen LogP contribution in [0.4, 0.5) is 0 Å². The molecule has 3 aliphatic rings. The Morgan fingerprint density at radius 2 is 2.06 bits per heavy atom. The predicted octanol–water partition coefficient (Wildman–Crippen LogP) is 4.31. The molecule has 2 bridgehead atoms. The lowest BCUT2D eigenvalue weighted by molar-refractivity contribution is 0.189. The molecule has 3 nitrogen and oxygen atoms in total. The van der Waals surface area contributed by atoms with Gasteiger partial charge in [-0.05, 0) is 42.0 Å². The zero-order valence-electron chi connectivity index (χ0n) is 11.4. The number of nitrogens with zero attached hydrogens (tertiary/aromatic N) is 3. The van der Waals surface area contributed by atoms with Crippen molar-refractivity contribution < 1.29 is 0 Å². The van der Waals surface area contributed by atoms with Crippen LogP contribution in [-0.2, 0) is 0 Å². The van der Waals surface area contributed by atoms with Crippen molar-refractivity contribution in [3.8, 4) is 0 Å². The highest BCUT2D eigenvalue weighted by Gasteiger charge is 2.47. The van der Waals surface area contributed by atoms with E-state index in [2.05, 4.69) is 47.9 Å². The van der Waals surface area contributed by atoms with Gasteiger partial charge in [-0.25, -0.2) is 0 Å². The topological polar surface area (TPSA) is 48.8 Å². The molecule has 0 aromatic carbocycles. The van der Waals surface area contributed by atoms with Crippen LogP contribution in [0.3, 0.4) is 0 Å². The van der Waals surface area contributed by atoms with Crippen LogP contribution >= 0.6 is 0 Å². The van der Waals surface area contributed by atoms with Crippen molar-refractivity contribution in [2.24, 2.45) is 28.8 Å². The number of hydrogen-bond donors (Lipinski definition) is 0. The zero-order valence-corrected chi connectivity index (χ0v) is 12.4. The summed E-state index contributed by atoms with van der Waals surface area (Å²) >= 11 is 0. The second-order valence-electron chi connectivity index (χ2n) is 7.01. The fourth-order valence-corrected chi connectivity index (χ4v) is 6.30. The first-order chi connectivity index (χ1) is 8.50. The monoisotopic (exact) mass is 259 g/mol. The van der Waals surface area contributed by atoms with Gasteiger partial charge >= 0.3 is 0 Å². The SMILES string of the molecule is C[Si](C)(C)C1=C[C@H]2C=C[C@@H]3C[C@@H]2[C@H]1C[C@H]3N=[N+]=[N-]. The highest BCUT2D eigenvalue weighted by atomic mass is 28.3. The summed E-state index contributed by atoms with van der Waals surface area (Å²) in [6.45, 7) is 7.32. The van der Waals surface area contributed by atoms with E-state index in [0.717, 1.165) is 12.3 Å². The number of hydrogen-bond acceptors (Lipinski definition) is 1.